The zero-order valence-electron chi connectivity index (χ0n) is 19.3. The minimum absolute atomic E-state index is 0.181. The minimum Gasteiger partial charge on any atom is -0.464 e. The first kappa shape index (κ1) is 24.2. The number of hydrogen-bond donors (Lipinski definition) is 0. The molecule has 10 heteroatoms. The van der Waals surface area contributed by atoms with E-state index in [0.29, 0.717) is 35.2 Å². The van der Waals surface area contributed by atoms with Gasteiger partial charge in [0.2, 0.25) is 11.8 Å². The van der Waals surface area contributed by atoms with Crippen molar-refractivity contribution in [2.75, 3.05) is 19.7 Å². The van der Waals surface area contributed by atoms with Crippen LogP contribution in [-0.4, -0.2) is 51.5 Å². The van der Waals surface area contributed by atoms with Gasteiger partial charge in [0.25, 0.3) is 11.1 Å². The number of ketones is 1. The predicted molar refractivity (Wildman–Crippen MR) is 120 cm³/mol. The summed E-state index contributed by atoms with van der Waals surface area (Å²) in [6.07, 6.45) is 7.40. The van der Waals surface area contributed by atoms with Crippen molar-refractivity contribution in [3.8, 4) is 5.19 Å². The Morgan fingerprint density at radius 2 is 2.00 bits per heavy atom. The number of aromatic nitrogens is 3. The summed E-state index contributed by atoms with van der Waals surface area (Å²) in [6.45, 7) is 4.70. The first-order valence-corrected chi connectivity index (χ1v) is 12.6. The van der Waals surface area contributed by atoms with Gasteiger partial charge in [0, 0.05) is 38.2 Å². The number of thiazole rings is 1. The third-order valence-electron chi connectivity index (χ3n) is 6.49. The van der Waals surface area contributed by atoms with Crippen LogP contribution in [0, 0.1) is 18.8 Å². The van der Waals surface area contributed by atoms with Crippen molar-refractivity contribution in [1.82, 2.24) is 20.1 Å². The Morgan fingerprint density at radius 3 is 2.70 bits per heavy atom. The second-order valence-corrected chi connectivity index (χ2v) is 10.6. The van der Waals surface area contributed by atoms with Gasteiger partial charge in [0.15, 0.2) is 6.61 Å². The molecule has 4 rings (SSSR count). The van der Waals surface area contributed by atoms with Gasteiger partial charge in [-0.05, 0) is 44.1 Å². The number of fused-ring (bicyclic) bond motifs is 1. The van der Waals surface area contributed by atoms with E-state index in [2.05, 4.69) is 20.1 Å². The van der Waals surface area contributed by atoms with Gasteiger partial charge in [-0.15, -0.1) is 10.2 Å². The van der Waals surface area contributed by atoms with Crippen molar-refractivity contribution in [2.24, 2.45) is 11.8 Å². The van der Waals surface area contributed by atoms with Gasteiger partial charge in [-0.25, -0.2) is 13.8 Å². The van der Waals surface area contributed by atoms with Crippen molar-refractivity contribution < 1.29 is 22.7 Å². The van der Waals surface area contributed by atoms with Gasteiger partial charge in [0.1, 0.15) is 5.78 Å². The predicted octanol–water partition coefficient (Wildman–Crippen LogP) is 4.63. The van der Waals surface area contributed by atoms with Crippen molar-refractivity contribution in [1.29, 1.82) is 0 Å². The van der Waals surface area contributed by atoms with Crippen LogP contribution < -0.4 is 4.74 Å². The Bertz CT molecular complexity index is 935. The zero-order chi connectivity index (χ0) is 23.4. The Kier molecular flexibility index (Phi) is 7.73. The number of nitrogens with zero attached hydrogens (tertiary/aromatic N) is 4. The molecule has 7 nitrogen and oxygen atoms in total. The maximum absolute atomic E-state index is 13.0. The highest BCUT2D eigenvalue weighted by molar-refractivity contribution is 7.13. The third-order valence-corrected chi connectivity index (χ3v) is 7.56. The molecule has 1 aliphatic carbocycles. The summed E-state index contributed by atoms with van der Waals surface area (Å²) in [4.78, 5) is 20.3. The molecule has 0 saturated heterocycles. The SMILES string of the molecule is Cc1nnc(CC(=O)CC2CCC(CCN3CCc4sc(OCC(C)(F)F)nc4C3)CC2)o1. The van der Waals surface area contributed by atoms with Crippen molar-refractivity contribution in [2.45, 2.75) is 77.7 Å². The Hall–Kier alpha value is -1.94. The Balaban J connectivity index is 1.15. The van der Waals surface area contributed by atoms with Crippen LogP contribution in [0.5, 0.6) is 5.19 Å². The van der Waals surface area contributed by atoms with E-state index in [4.69, 9.17) is 9.15 Å². The molecule has 0 unspecified atom stereocenters. The first-order chi connectivity index (χ1) is 15.7. The average Bonchev–Trinajstić information content (AvgIpc) is 3.36. The summed E-state index contributed by atoms with van der Waals surface area (Å²) in [5, 5.41) is 8.04. The lowest BCUT2D eigenvalue weighted by Gasteiger charge is -2.31. The summed E-state index contributed by atoms with van der Waals surface area (Å²) >= 11 is 1.40. The van der Waals surface area contributed by atoms with Crippen molar-refractivity contribution >= 4 is 17.1 Å². The van der Waals surface area contributed by atoms with E-state index in [-0.39, 0.29) is 12.2 Å². The molecule has 1 fully saturated rings. The number of halogens is 2. The van der Waals surface area contributed by atoms with Gasteiger partial charge in [-0.1, -0.05) is 24.2 Å². The van der Waals surface area contributed by atoms with E-state index in [1.807, 2.05) is 0 Å². The monoisotopic (exact) mass is 482 g/mol. The van der Waals surface area contributed by atoms with E-state index in [9.17, 15) is 13.6 Å². The molecule has 0 atom stereocenters. The van der Waals surface area contributed by atoms with E-state index in [0.717, 1.165) is 75.7 Å². The molecule has 2 aromatic heterocycles. The lowest BCUT2D eigenvalue weighted by Crippen LogP contribution is -2.32. The first-order valence-electron chi connectivity index (χ1n) is 11.8. The highest BCUT2D eigenvalue weighted by atomic mass is 32.1. The van der Waals surface area contributed by atoms with Crippen LogP contribution in [0.4, 0.5) is 8.78 Å². The van der Waals surface area contributed by atoms with Gasteiger partial charge >= 0.3 is 0 Å². The fourth-order valence-corrected chi connectivity index (χ4v) is 5.64. The van der Waals surface area contributed by atoms with Crippen LogP contribution in [0.25, 0.3) is 0 Å². The summed E-state index contributed by atoms with van der Waals surface area (Å²) in [6, 6.07) is 0. The standard InChI is InChI=1S/C23H32F2N4O3S/c1-15-27-28-21(32-15)12-18(30)11-17-5-3-16(4-6-17)7-9-29-10-8-20-19(13-29)26-22(33-20)31-14-23(2,24)25/h16-17H,3-14H2,1-2H3. The number of hydrogen-bond acceptors (Lipinski definition) is 8. The normalized spacial score (nSPS) is 21.7. The van der Waals surface area contributed by atoms with Gasteiger partial charge in [-0.2, -0.15) is 0 Å². The fraction of sp³-hybridized carbons (Fsp3) is 0.739. The van der Waals surface area contributed by atoms with Crippen LogP contribution >= 0.6 is 11.3 Å². The van der Waals surface area contributed by atoms with Crippen molar-refractivity contribution in [3.05, 3.63) is 22.4 Å². The largest absolute Gasteiger partial charge is 0.464 e. The third kappa shape index (κ3) is 7.27. The Labute approximate surface area is 196 Å². The molecule has 182 valence electrons. The van der Waals surface area contributed by atoms with Crippen LogP contribution in [0.3, 0.4) is 0 Å². The summed E-state index contributed by atoms with van der Waals surface area (Å²) in [5.41, 5.74) is 0.972. The highest BCUT2D eigenvalue weighted by Gasteiger charge is 2.27. The molecule has 33 heavy (non-hydrogen) atoms. The van der Waals surface area contributed by atoms with Crippen LogP contribution in [0.15, 0.2) is 4.42 Å². The number of rotatable bonds is 10. The molecule has 0 amide bonds. The van der Waals surface area contributed by atoms with Crippen LogP contribution in [0.2, 0.25) is 0 Å². The van der Waals surface area contributed by atoms with E-state index in [1.165, 1.54) is 11.3 Å². The molecule has 0 bridgehead atoms. The summed E-state index contributed by atoms with van der Waals surface area (Å²) in [5.74, 6) is -0.610. The van der Waals surface area contributed by atoms with Crippen LogP contribution in [0.1, 0.15) is 67.8 Å². The second kappa shape index (κ2) is 10.5. The molecule has 1 aliphatic heterocycles. The molecule has 3 heterocycles. The number of ether oxygens (including phenoxy) is 1. The number of carbonyl (C=O) groups is 1. The molecule has 0 N–H and O–H groups in total. The topological polar surface area (TPSA) is 81.4 Å². The number of alkyl halides is 2. The highest BCUT2D eigenvalue weighted by Crippen LogP contribution is 2.34. The number of carbonyl (C=O) groups excluding carboxylic acids is 1. The molecule has 2 aromatic rings. The smallest absolute Gasteiger partial charge is 0.278 e. The molecule has 0 aromatic carbocycles. The maximum Gasteiger partial charge on any atom is 0.278 e. The number of aryl methyl sites for hydroxylation is 1. The lowest BCUT2D eigenvalue weighted by atomic mass is 9.78. The molecular formula is C23H32F2N4O3S. The average molecular weight is 483 g/mol. The van der Waals surface area contributed by atoms with Crippen LogP contribution in [-0.2, 0) is 24.2 Å². The van der Waals surface area contributed by atoms with E-state index < -0.39 is 12.5 Å². The maximum atomic E-state index is 13.0. The number of Topliss-reactive ketones (excluding diaryl/α,β-unsaturated/α-hetero) is 1. The van der Waals surface area contributed by atoms with Gasteiger partial charge in [-0.3, -0.25) is 9.69 Å². The zero-order valence-corrected chi connectivity index (χ0v) is 20.1. The fourth-order valence-electron chi connectivity index (χ4n) is 4.73. The molecule has 2 aliphatic rings. The summed E-state index contributed by atoms with van der Waals surface area (Å²) < 4.78 is 36.5. The second-order valence-electron chi connectivity index (χ2n) is 9.54. The summed E-state index contributed by atoms with van der Waals surface area (Å²) in [7, 11) is 0. The lowest BCUT2D eigenvalue weighted by molar-refractivity contribution is -0.119. The minimum atomic E-state index is -2.85. The van der Waals surface area contributed by atoms with E-state index in [1.54, 1.807) is 6.92 Å². The molecule has 0 radical (unpaired) electrons. The quantitative estimate of drug-likeness (QED) is 0.489. The Morgan fingerprint density at radius 1 is 1.24 bits per heavy atom. The van der Waals surface area contributed by atoms with Gasteiger partial charge in [0.05, 0.1) is 12.1 Å². The molecular weight excluding hydrogens is 450 g/mol. The van der Waals surface area contributed by atoms with Crippen molar-refractivity contribution in [3.63, 3.8) is 0 Å². The molecule has 0 spiro atoms. The molecule has 1 saturated carbocycles. The van der Waals surface area contributed by atoms with E-state index >= 15 is 0 Å². The van der Waals surface area contributed by atoms with Gasteiger partial charge < -0.3 is 9.15 Å².